The maximum Gasteiger partial charge on any atom is 0.229 e. The molecule has 5 heteroatoms. The lowest BCUT2D eigenvalue weighted by Crippen LogP contribution is -2.27. The summed E-state index contributed by atoms with van der Waals surface area (Å²) in [6, 6.07) is 0.271. The van der Waals surface area contributed by atoms with Crippen LogP contribution < -0.4 is 5.73 Å². The molecule has 2 rings (SSSR count). The van der Waals surface area contributed by atoms with E-state index in [1.807, 2.05) is 6.92 Å². The van der Waals surface area contributed by atoms with E-state index in [4.69, 9.17) is 15.0 Å². The molecule has 2 N–H and O–H groups in total. The molecular formula is C13H23N3O2. The van der Waals surface area contributed by atoms with Gasteiger partial charge >= 0.3 is 0 Å². The summed E-state index contributed by atoms with van der Waals surface area (Å²) >= 11 is 0. The van der Waals surface area contributed by atoms with Crippen molar-refractivity contribution in [2.75, 3.05) is 6.61 Å². The molecule has 0 aliphatic heterocycles. The Balaban J connectivity index is 2.04. The second-order valence-electron chi connectivity index (χ2n) is 4.97. The van der Waals surface area contributed by atoms with E-state index in [1.54, 1.807) is 0 Å². The largest absolute Gasteiger partial charge is 0.370 e. The van der Waals surface area contributed by atoms with Crippen molar-refractivity contribution in [2.45, 2.75) is 64.0 Å². The Morgan fingerprint density at radius 2 is 2.28 bits per heavy atom. The van der Waals surface area contributed by atoms with Gasteiger partial charge in [-0.25, -0.2) is 0 Å². The van der Waals surface area contributed by atoms with E-state index in [0.29, 0.717) is 18.3 Å². The highest BCUT2D eigenvalue weighted by Gasteiger charge is 2.26. The summed E-state index contributed by atoms with van der Waals surface area (Å²) in [5.41, 5.74) is 5.99. The van der Waals surface area contributed by atoms with Gasteiger partial charge in [0.2, 0.25) is 11.7 Å². The molecule has 1 aliphatic rings. The highest BCUT2D eigenvalue weighted by molar-refractivity contribution is 4.99. The van der Waals surface area contributed by atoms with Crippen LogP contribution >= 0.6 is 0 Å². The molecule has 1 fully saturated rings. The number of nitrogens with two attached hydrogens (primary N) is 1. The zero-order chi connectivity index (χ0) is 13.0. The monoisotopic (exact) mass is 253 g/mol. The number of nitrogens with zero attached hydrogens (tertiary/aromatic N) is 2. The van der Waals surface area contributed by atoms with Gasteiger partial charge < -0.3 is 15.0 Å². The first-order valence-corrected chi connectivity index (χ1v) is 6.95. The van der Waals surface area contributed by atoms with Crippen molar-refractivity contribution in [3.05, 3.63) is 11.7 Å². The van der Waals surface area contributed by atoms with Gasteiger partial charge in [-0.3, -0.25) is 0 Å². The number of hydrogen-bond donors (Lipinski definition) is 1. The molecule has 102 valence electrons. The molecular weight excluding hydrogens is 230 g/mol. The van der Waals surface area contributed by atoms with Crippen molar-refractivity contribution in [3.63, 3.8) is 0 Å². The van der Waals surface area contributed by atoms with Gasteiger partial charge in [-0.1, -0.05) is 18.5 Å². The molecule has 1 heterocycles. The van der Waals surface area contributed by atoms with Crippen molar-refractivity contribution in [1.29, 1.82) is 0 Å². The van der Waals surface area contributed by atoms with Crippen LogP contribution in [0.4, 0.5) is 0 Å². The van der Waals surface area contributed by atoms with Gasteiger partial charge in [0, 0.05) is 18.6 Å². The third-order valence-electron chi connectivity index (χ3n) is 3.55. The fraction of sp³-hybridized carbons (Fsp3) is 0.846. The summed E-state index contributed by atoms with van der Waals surface area (Å²) in [6.07, 6.45) is 5.11. The summed E-state index contributed by atoms with van der Waals surface area (Å²) in [5.74, 6) is 1.74. The molecule has 1 aliphatic carbocycles. The number of hydrogen-bond acceptors (Lipinski definition) is 5. The lowest BCUT2D eigenvalue weighted by atomic mass is 9.86. The second-order valence-corrected chi connectivity index (χ2v) is 4.97. The molecule has 3 unspecified atom stereocenters. The van der Waals surface area contributed by atoms with Crippen LogP contribution in [0, 0.1) is 0 Å². The Hall–Kier alpha value is -0.940. The topological polar surface area (TPSA) is 74.2 Å². The average molecular weight is 253 g/mol. The van der Waals surface area contributed by atoms with Gasteiger partial charge in [-0.15, -0.1) is 0 Å². The van der Waals surface area contributed by atoms with Crippen LogP contribution in [0.3, 0.4) is 0 Å². The second kappa shape index (κ2) is 6.29. The lowest BCUT2D eigenvalue weighted by molar-refractivity contribution is 0.0518. The fourth-order valence-electron chi connectivity index (χ4n) is 2.57. The predicted molar refractivity (Wildman–Crippen MR) is 68.1 cm³/mol. The quantitative estimate of drug-likeness (QED) is 0.872. The van der Waals surface area contributed by atoms with Crippen LogP contribution in [-0.4, -0.2) is 22.8 Å². The van der Waals surface area contributed by atoms with Crippen LogP contribution in [0.5, 0.6) is 0 Å². The number of ether oxygens (including phenoxy) is 1. The first-order valence-electron chi connectivity index (χ1n) is 6.95. The van der Waals surface area contributed by atoms with E-state index < -0.39 is 0 Å². The van der Waals surface area contributed by atoms with Gasteiger partial charge in [0.15, 0.2) is 0 Å². The van der Waals surface area contributed by atoms with Gasteiger partial charge in [-0.2, -0.15) is 4.98 Å². The van der Waals surface area contributed by atoms with E-state index in [1.165, 1.54) is 0 Å². The molecule has 0 amide bonds. The zero-order valence-corrected chi connectivity index (χ0v) is 11.3. The fourth-order valence-corrected chi connectivity index (χ4v) is 2.57. The van der Waals surface area contributed by atoms with Crippen LogP contribution in [0.1, 0.15) is 69.7 Å². The van der Waals surface area contributed by atoms with Crippen molar-refractivity contribution in [3.8, 4) is 0 Å². The van der Waals surface area contributed by atoms with E-state index in [-0.39, 0.29) is 12.1 Å². The van der Waals surface area contributed by atoms with Gasteiger partial charge in [0.1, 0.15) is 6.10 Å². The summed E-state index contributed by atoms with van der Waals surface area (Å²) in [4.78, 5) is 4.50. The maximum atomic E-state index is 5.99. The maximum absolute atomic E-state index is 5.99. The molecule has 3 atom stereocenters. The van der Waals surface area contributed by atoms with E-state index in [2.05, 4.69) is 17.1 Å². The van der Waals surface area contributed by atoms with Crippen molar-refractivity contribution in [2.24, 2.45) is 5.73 Å². The van der Waals surface area contributed by atoms with Crippen molar-refractivity contribution < 1.29 is 9.26 Å². The third kappa shape index (κ3) is 3.09. The number of aromatic nitrogens is 2. The first-order chi connectivity index (χ1) is 8.74. The van der Waals surface area contributed by atoms with Gasteiger partial charge in [0.05, 0.1) is 0 Å². The van der Waals surface area contributed by atoms with Crippen LogP contribution in [0.2, 0.25) is 0 Å². The Morgan fingerprint density at radius 3 is 2.94 bits per heavy atom. The Kier molecular flexibility index (Phi) is 4.72. The van der Waals surface area contributed by atoms with Crippen molar-refractivity contribution >= 4 is 0 Å². The molecule has 5 nitrogen and oxygen atoms in total. The Labute approximate surface area is 108 Å². The lowest BCUT2D eigenvalue weighted by Gasteiger charge is -2.23. The minimum Gasteiger partial charge on any atom is -0.370 e. The van der Waals surface area contributed by atoms with Crippen LogP contribution in [-0.2, 0) is 4.74 Å². The third-order valence-corrected chi connectivity index (χ3v) is 3.55. The summed E-state index contributed by atoms with van der Waals surface area (Å²) in [7, 11) is 0. The van der Waals surface area contributed by atoms with Gasteiger partial charge in [0.25, 0.3) is 0 Å². The van der Waals surface area contributed by atoms with E-state index in [9.17, 15) is 0 Å². The molecule has 0 aromatic carbocycles. The van der Waals surface area contributed by atoms with Crippen LogP contribution in [0.25, 0.3) is 0 Å². The van der Waals surface area contributed by atoms with E-state index in [0.717, 1.165) is 38.0 Å². The van der Waals surface area contributed by atoms with Crippen LogP contribution in [0.15, 0.2) is 4.52 Å². The molecule has 1 saturated carbocycles. The Bertz CT molecular complexity index is 367. The standard InChI is InChI=1S/C13H23N3O2/c1-3-11(17-4-2)12-15-13(18-16-12)9-6-5-7-10(14)8-9/h9-11H,3-8,14H2,1-2H3. The average Bonchev–Trinajstić information content (AvgIpc) is 2.85. The van der Waals surface area contributed by atoms with Gasteiger partial charge in [-0.05, 0) is 32.6 Å². The van der Waals surface area contributed by atoms with Crippen molar-refractivity contribution in [1.82, 2.24) is 10.1 Å². The molecule has 1 aromatic rings. The summed E-state index contributed by atoms with van der Waals surface area (Å²) in [6.45, 7) is 4.70. The van der Waals surface area contributed by atoms with E-state index >= 15 is 0 Å². The minimum atomic E-state index is -0.0511. The number of rotatable bonds is 5. The molecule has 0 bridgehead atoms. The SMILES string of the molecule is CCOC(CC)c1noc(C2CCCC(N)C2)n1. The molecule has 0 radical (unpaired) electrons. The molecule has 0 spiro atoms. The Morgan fingerprint density at radius 1 is 1.44 bits per heavy atom. The molecule has 1 aromatic heterocycles. The zero-order valence-electron chi connectivity index (χ0n) is 11.3. The molecule has 18 heavy (non-hydrogen) atoms. The highest BCUT2D eigenvalue weighted by Crippen LogP contribution is 2.32. The predicted octanol–water partition coefficient (Wildman–Crippen LogP) is 2.54. The summed E-state index contributed by atoms with van der Waals surface area (Å²) < 4.78 is 11.0. The smallest absolute Gasteiger partial charge is 0.229 e. The normalized spacial score (nSPS) is 26.2. The first kappa shape index (κ1) is 13.5. The molecule has 0 saturated heterocycles. The minimum absolute atomic E-state index is 0.0511. The highest BCUT2D eigenvalue weighted by atomic mass is 16.5. The summed E-state index contributed by atoms with van der Waals surface area (Å²) in [5, 5.41) is 4.05.